The molecule has 1 unspecified atom stereocenters. The van der Waals surface area contributed by atoms with Gasteiger partial charge in [0.25, 0.3) is 11.8 Å². The predicted molar refractivity (Wildman–Crippen MR) is 111 cm³/mol. The molecule has 2 rings (SSSR count). The van der Waals surface area contributed by atoms with Gasteiger partial charge in [-0.25, -0.2) is 0 Å². The number of benzene rings is 2. The zero-order chi connectivity index (χ0) is 20.5. The van der Waals surface area contributed by atoms with Gasteiger partial charge < -0.3 is 19.9 Å². The summed E-state index contributed by atoms with van der Waals surface area (Å²) < 4.78 is 5.11. The standard InChI is InChI=1S/C21H26ClN3O3/c1-4-25(14-20(26)23-18-8-10-19(28-3)11-9-18)15-21(27)24(2)13-16-6-5-7-17(22)12-16/h5-12H,4,13-15H2,1-3H3,(H,23,26)/p+1. The van der Waals surface area contributed by atoms with Crippen LogP contribution in [0.1, 0.15) is 12.5 Å². The molecule has 1 atom stereocenters. The van der Waals surface area contributed by atoms with Gasteiger partial charge in [-0.2, -0.15) is 0 Å². The lowest BCUT2D eigenvalue weighted by Gasteiger charge is -2.21. The van der Waals surface area contributed by atoms with Gasteiger partial charge in [0.15, 0.2) is 13.1 Å². The summed E-state index contributed by atoms with van der Waals surface area (Å²) in [5.74, 6) is 0.577. The zero-order valence-corrected chi connectivity index (χ0v) is 17.3. The molecule has 0 aliphatic carbocycles. The summed E-state index contributed by atoms with van der Waals surface area (Å²) in [5.41, 5.74) is 1.67. The van der Waals surface area contributed by atoms with Crippen molar-refractivity contribution in [3.63, 3.8) is 0 Å². The van der Waals surface area contributed by atoms with Crippen LogP contribution in [0, 0.1) is 0 Å². The summed E-state index contributed by atoms with van der Waals surface area (Å²) in [6.45, 7) is 3.59. The highest BCUT2D eigenvalue weighted by Crippen LogP contribution is 2.14. The van der Waals surface area contributed by atoms with Gasteiger partial charge in [0.05, 0.1) is 13.7 Å². The minimum absolute atomic E-state index is 0.0194. The molecule has 0 fully saturated rings. The molecule has 2 aromatic rings. The van der Waals surface area contributed by atoms with Crippen molar-refractivity contribution in [2.75, 3.05) is 39.1 Å². The predicted octanol–water partition coefficient (Wildman–Crippen LogP) is 1.85. The second-order valence-electron chi connectivity index (χ2n) is 6.61. The monoisotopic (exact) mass is 404 g/mol. The topological polar surface area (TPSA) is 63.1 Å². The highest BCUT2D eigenvalue weighted by atomic mass is 35.5. The number of methoxy groups -OCH3 is 1. The number of carbonyl (C=O) groups is 2. The van der Waals surface area contributed by atoms with E-state index in [-0.39, 0.29) is 24.9 Å². The van der Waals surface area contributed by atoms with Gasteiger partial charge in [-0.05, 0) is 48.9 Å². The SMILES string of the molecule is CC[NH+](CC(=O)Nc1ccc(OC)cc1)CC(=O)N(C)Cc1cccc(Cl)c1. The van der Waals surface area contributed by atoms with Gasteiger partial charge in [-0.3, -0.25) is 9.59 Å². The normalized spacial score (nSPS) is 11.6. The molecule has 0 aliphatic rings. The summed E-state index contributed by atoms with van der Waals surface area (Å²) in [4.78, 5) is 27.4. The molecular weight excluding hydrogens is 378 g/mol. The molecule has 2 aromatic carbocycles. The van der Waals surface area contributed by atoms with Crippen LogP contribution in [-0.2, 0) is 16.1 Å². The molecule has 0 heterocycles. The molecule has 0 spiro atoms. The first-order valence-electron chi connectivity index (χ1n) is 9.17. The second kappa shape index (κ2) is 10.7. The van der Waals surface area contributed by atoms with E-state index < -0.39 is 0 Å². The van der Waals surface area contributed by atoms with E-state index in [1.54, 1.807) is 49.4 Å². The molecule has 0 aromatic heterocycles. The Morgan fingerprint density at radius 1 is 1.14 bits per heavy atom. The lowest BCUT2D eigenvalue weighted by atomic mass is 10.2. The summed E-state index contributed by atoms with van der Waals surface area (Å²) >= 11 is 6.00. The number of halogens is 1. The van der Waals surface area contributed by atoms with Crippen LogP contribution in [-0.4, -0.2) is 50.5 Å². The number of carbonyl (C=O) groups excluding carboxylic acids is 2. The average molecular weight is 405 g/mol. The number of ether oxygens (including phenoxy) is 1. The number of hydrogen-bond donors (Lipinski definition) is 2. The van der Waals surface area contributed by atoms with Crippen molar-refractivity contribution in [1.82, 2.24) is 4.90 Å². The number of amides is 2. The quantitative estimate of drug-likeness (QED) is 0.670. The first kappa shape index (κ1) is 21.7. The minimum Gasteiger partial charge on any atom is -0.497 e. The van der Waals surface area contributed by atoms with Crippen molar-refractivity contribution in [3.8, 4) is 5.75 Å². The second-order valence-corrected chi connectivity index (χ2v) is 7.05. The van der Waals surface area contributed by atoms with Crippen LogP contribution >= 0.6 is 11.6 Å². The van der Waals surface area contributed by atoms with E-state index in [0.717, 1.165) is 16.2 Å². The largest absolute Gasteiger partial charge is 0.497 e. The molecule has 7 heteroatoms. The Morgan fingerprint density at radius 3 is 2.46 bits per heavy atom. The molecule has 0 saturated heterocycles. The summed E-state index contributed by atoms with van der Waals surface area (Å²) in [5, 5.41) is 3.50. The third kappa shape index (κ3) is 6.87. The third-order valence-electron chi connectivity index (χ3n) is 4.42. The van der Waals surface area contributed by atoms with Crippen LogP contribution in [0.5, 0.6) is 5.75 Å². The van der Waals surface area contributed by atoms with Crippen molar-refractivity contribution in [2.45, 2.75) is 13.5 Å². The molecular formula is C21H27ClN3O3+. The van der Waals surface area contributed by atoms with Crippen molar-refractivity contribution < 1.29 is 19.2 Å². The fraction of sp³-hybridized carbons (Fsp3) is 0.333. The summed E-state index contributed by atoms with van der Waals surface area (Å²) in [6, 6.07) is 14.6. The van der Waals surface area contributed by atoms with E-state index >= 15 is 0 Å². The van der Waals surface area contributed by atoms with Crippen LogP contribution in [0.25, 0.3) is 0 Å². The maximum atomic E-state index is 12.5. The molecule has 2 N–H and O–H groups in total. The molecule has 28 heavy (non-hydrogen) atoms. The maximum Gasteiger partial charge on any atom is 0.279 e. The Kier molecular flexibility index (Phi) is 8.29. The minimum atomic E-state index is -0.132. The van der Waals surface area contributed by atoms with E-state index in [2.05, 4.69) is 5.32 Å². The number of likely N-dealkylation sites (N-methyl/N-ethyl adjacent to an activating group) is 2. The number of nitrogens with one attached hydrogen (secondary N) is 2. The number of quaternary nitrogens is 1. The van der Waals surface area contributed by atoms with Gasteiger partial charge >= 0.3 is 0 Å². The number of hydrogen-bond acceptors (Lipinski definition) is 3. The number of rotatable bonds is 9. The highest BCUT2D eigenvalue weighted by molar-refractivity contribution is 6.30. The van der Waals surface area contributed by atoms with Crippen LogP contribution in [0.2, 0.25) is 5.02 Å². The van der Waals surface area contributed by atoms with Gasteiger partial charge in [0, 0.05) is 24.3 Å². The van der Waals surface area contributed by atoms with Crippen LogP contribution < -0.4 is 15.0 Å². The van der Waals surface area contributed by atoms with Gasteiger partial charge in [-0.15, -0.1) is 0 Å². The van der Waals surface area contributed by atoms with Gasteiger partial charge in [0.2, 0.25) is 0 Å². The molecule has 0 radical (unpaired) electrons. The van der Waals surface area contributed by atoms with Gasteiger partial charge in [0.1, 0.15) is 5.75 Å². The van der Waals surface area contributed by atoms with E-state index in [9.17, 15) is 9.59 Å². The lowest BCUT2D eigenvalue weighted by Crippen LogP contribution is -3.13. The molecule has 2 amide bonds. The van der Waals surface area contributed by atoms with Gasteiger partial charge in [-0.1, -0.05) is 23.7 Å². The Hall–Kier alpha value is -2.57. The average Bonchev–Trinajstić information content (AvgIpc) is 2.67. The fourth-order valence-corrected chi connectivity index (χ4v) is 2.98. The van der Waals surface area contributed by atoms with E-state index in [1.807, 2.05) is 25.1 Å². The van der Waals surface area contributed by atoms with Crippen molar-refractivity contribution >= 4 is 29.1 Å². The first-order chi connectivity index (χ1) is 13.4. The fourth-order valence-electron chi connectivity index (χ4n) is 2.77. The van der Waals surface area contributed by atoms with Crippen molar-refractivity contribution in [3.05, 3.63) is 59.1 Å². The Morgan fingerprint density at radius 2 is 1.86 bits per heavy atom. The maximum absolute atomic E-state index is 12.5. The van der Waals surface area contributed by atoms with Crippen LogP contribution in [0.15, 0.2) is 48.5 Å². The number of anilines is 1. The third-order valence-corrected chi connectivity index (χ3v) is 4.66. The molecule has 0 bridgehead atoms. The molecule has 6 nitrogen and oxygen atoms in total. The highest BCUT2D eigenvalue weighted by Gasteiger charge is 2.19. The van der Waals surface area contributed by atoms with E-state index in [4.69, 9.17) is 16.3 Å². The summed E-state index contributed by atoms with van der Waals surface area (Å²) in [7, 11) is 3.35. The molecule has 0 saturated carbocycles. The Labute approximate surface area is 171 Å². The first-order valence-corrected chi connectivity index (χ1v) is 9.55. The van der Waals surface area contributed by atoms with Crippen molar-refractivity contribution in [1.29, 1.82) is 0 Å². The van der Waals surface area contributed by atoms with E-state index in [1.165, 1.54) is 0 Å². The molecule has 0 aliphatic heterocycles. The Balaban J connectivity index is 1.85. The smallest absolute Gasteiger partial charge is 0.279 e. The van der Waals surface area contributed by atoms with Crippen molar-refractivity contribution in [2.24, 2.45) is 0 Å². The number of nitrogens with zero attached hydrogens (tertiary/aromatic N) is 1. The lowest BCUT2D eigenvalue weighted by molar-refractivity contribution is -0.882. The summed E-state index contributed by atoms with van der Waals surface area (Å²) in [6.07, 6.45) is 0. The van der Waals surface area contributed by atoms with Crippen LogP contribution in [0.3, 0.4) is 0 Å². The van der Waals surface area contributed by atoms with Crippen LogP contribution in [0.4, 0.5) is 5.69 Å². The van der Waals surface area contributed by atoms with E-state index in [0.29, 0.717) is 23.8 Å². The molecule has 150 valence electrons. The Bertz CT molecular complexity index is 796. The zero-order valence-electron chi connectivity index (χ0n) is 16.5.